The van der Waals surface area contributed by atoms with Gasteiger partial charge in [-0.1, -0.05) is 46.1 Å². The molecule has 1 rings (SSSR count). The van der Waals surface area contributed by atoms with Crippen LogP contribution in [-0.4, -0.2) is 33.8 Å². The smallest absolute Gasteiger partial charge is 0.191 e. The lowest BCUT2D eigenvalue weighted by Crippen LogP contribution is -2.42. The summed E-state index contributed by atoms with van der Waals surface area (Å²) in [4.78, 5) is 4.63. The van der Waals surface area contributed by atoms with Crippen LogP contribution in [-0.2, 0) is 13.6 Å². The Morgan fingerprint density at radius 3 is 2.56 bits per heavy atom. The fraction of sp³-hybridized carbons (Fsp3) is 0.722. The van der Waals surface area contributed by atoms with Crippen LogP contribution in [0, 0.1) is 12.3 Å². The number of halogens is 1. The van der Waals surface area contributed by atoms with Gasteiger partial charge in [0.2, 0.25) is 0 Å². The third-order valence-electron chi connectivity index (χ3n) is 4.17. The highest BCUT2D eigenvalue weighted by molar-refractivity contribution is 14.0. The minimum Gasteiger partial charge on any atom is -0.356 e. The van der Waals surface area contributed by atoms with Crippen LogP contribution in [0.4, 0.5) is 0 Å². The summed E-state index contributed by atoms with van der Waals surface area (Å²) in [7, 11) is 1.96. The van der Waals surface area contributed by atoms with E-state index in [4.69, 9.17) is 0 Å². The van der Waals surface area contributed by atoms with E-state index >= 15 is 0 Å². The van der Waals surface area contributed by atoms with Gasteiger partial charge in [-0.25, -0.2) is 4.99 Å². The van der Waals surface area contributed by atoms with Crippen LogP contribution in [0.15, 0.2) is 17.6 Å². The molecule has 0 radical (unpaired) electrons. The van der Waals surface area contributed by atoms with Crippen molar-refractivity contribution in [1.82, 2.24) is 25.4 Å². The quantitative estimate of drug-likeness (QED) is 0.184. The number of guanidine groups is 1. The van der Waals surface area contributed by atoms with Gasteiger partial charge < -0.3 is 15.2 Å². The number of rotatable bonds is 10. The van der Waals surface area contributed by atoms with E-state index in [2.05, 4.69) is 53.2 Å². The number of aryl methyl sites for hydroxylation is 1. The van der Waals surface area contributed by atoms with Crippen LogP contribution in [0.3, 0.4) is 0 Å². The zero-order chi connectivity index (χ0) is 18.0. The number of unbranched alkanes of at least 4 members (excludes halogenated alkanes) is 2. The van der Waals surface area contributed by atoms with Crippen LogP contribution in [0.1, 0.15) is 58.1 Å². The first-order valence-corrected chi connectivity index (χ1v) is 8.87. The SMILES string of the molecule is C=CCNC(=NCc1nnc(C)n1C)NCC(C)(C)CCCCC.I. The maximum absolute atomic E-state index is 4.63. The van der Waals surface area contributed by atoms with Gasteiger partial charge in [0.25, 0.3) is 0 Å². The molecule has 0 saturated carbocycles. The molecule has 0 amide bonds. The number of nitrogens with zero attached hydrogens (tertiary/aromatic N) is 4. The Balaban J connectivity index is 0.00000576. The minimum absolute atomic E-state index is 0. The Labute approximate surface area is 170 Å². The maximum atomic E-state index is 4.63. The second-order valence-electron chi connectivity index (χ2n) is 7.03. The molecule has 0 unspecified atom stereocenters. The molecule has 2 N–H and O–H groups in total. The van der Waals surface area contributed by atoms with Gasteiger partial charge in [-0.3, -0.25) is 0 Å². The standard InChI is InChI=1S/C18H34N6.HI/c1-7-9-10-11-18(4,5)14-21-17(19-12-8-2)20-13-16-23-22-15(3)24(16)6;/h8H,2,7,9-14H2,1,3-6H3,(H2,19,20,21);1H. The van der Waals surface area contributed by atoms with Crippen molar-refractivity contribution in [2.24, 2.45) is 17.5 Å². The second kappa shape index (κ2) is 12.3. The van der Waals surface area contributed by atoms with E-state index in [0.717, 1.165) is 24.2 Å². The topological polar surface area (TPSA) is 67.1 Å². The monoisotopic (exact) mass is 462 g/mol. The molecule has 0 bridgehead atoms. The average Bonchev–Trinajstić information content (AvgIpc) is 2.86. The second-order valence-corrected chi connectivity index (χ2v) is 7.03. The van der Waals surface area contributed by atoms with Gasteiger partial charge in [0.05, 0.1) is 0 Å². The lowest BCUT2D eigenvalue weighted by Gasteiger charge is -2.26. The molecular formula is C18H35IN6. The van der Waals surface area contributed by atoms with Crippen LogP contribution >= 0.6 is 24.0 Å². The van der Waals surface area contributed by atoms with Gasteiger partial charge in [0.1, 0.15) is 12.4 Å². The van der Waals surface area contributed by atoms with E-state index in [1.165, 1.54) is 25.7 Å². The predicted molar refractivity (Wildman–Crippen MR) is 116 cm³/mol. The van der Waals surface area contributed by atoms with Gasteiger partial charge in [-0.2, -0.15) is 0 Å². The highest BCUT2D eigenvalue weighted by Crippen LogP contribution is 2.22. The van der Waals surface area contributed by atoms with Crippen molar-refractivity contribution < 1.29 is 0 Å². The first-order valence-electron chi connectivity index (χ1n) is 8.87. The molecule has 7 heteroatoms. The van der Waals surface area contributed by atoms with Crippen molar-refractivity contribution in [3.63, 3.8) is 0 Å². The normalized spacial score (nSPS) is 11.8. The van der Waals surface area contributed by atoms with Gasteiger partial charge in [-0.05, 0) is 18.8 Å². The number of nitrogens with one attached hydrogen (secondary N) is 2. The Hall–Kier alpha value is -1.12. The summed E-state index contributed by atoms with van der Waals surface area (Å²) in [6.45, 7) is 14.6. The molecule has 1 heterocycles. The van der Waals surface area contributed by atoms with E-state index in [1.54, 1.807) is 0 Å². The number of aromatic nitrogens is 3. The van der Waals surface area contributed by atoms with Gasteiger partial charge >= 0.3 is 0 Å². The maximum Gasteiger partial charge on any atom is 0.191 e. The molecule has 0 saturated heterocycles. The Bertz CT molecular complexity index is 536. The number of hydrogen-bond acceptors (Lipinski definition) is 3. The molecule has 0 spiro atoms. The highest BCUT2D eigenvalue weighted by atomic mass is 127. The lowest BCUT2D eigenvalue weighted by molar-refractivity contribution is 0.318. The molecule has 144 valence electrons. The Morgan fingerprint density at radius 2 is 2.00 bits per heavy atom. The third-order valence-corrected chi connectivity index (χ3v) is 4.17. The molecule has 25 heavy (non-hydrogen) atoms. The van der Waals surface area contributed by atoms with Crippen LogP contribution < -0.4 is 10.6 Å². The zero-order valence-electron chi connectivity index (χ0n) is 16.4. The van der Waals surface area contributed by atoms with Gasteiger partial charge in [-0.15, -0.1) is 40.8 Å². The van der Waals surface area contributed by atoms with Gasteiger partial charge in [0.15, 0.2) is 11.8 Å². The van der Waals surface area contributed by atoms with Crippen molar-refractivity contribution >= 4 is 29.9 Å². The highest BCUT2D eigenvalue weighted by Gasteiger charge is 2.17. The van der Waals surface area contributed by atoms with Crippen molar-refractivity contribution in [2.75, 3.05) is 13.1 Å². The first-order chi connectivity index (χ1) is 11.4. The number of hydrogen-bond donors (Lipinski definition) is 2. The van der Waals surface area contributed by atoms with E-state index in [-0.39, 0.29) is 29.4 Å². The summed E-state index contributed by atoms with van der Waals surface area (Å²) in [5, 5.41) is 14.9. The summed E-state index contributed by atoms with van der Waals surface area (Å²) in [5.41, 5.74) is 0.243. The molecule has 6 nitrogen and oxygen atoms in total. The summed E-state index contributed by atoms with van der Waals surface area (Å²) in [6, 6.07) is 0. The summed E-state index contributed by atoms with van der Waals surface area (Å²) >= 11 is 0. The fourth-order valence-electron chi connectivity index (χ4n) is 2.35. The third kappa shape index (κ3) is 9.23. The molecular weight excluding hydrogens is 427 g/mol. The van der Waals surface area contributed by atoms with Crippen molar-refractivity contribution in [2.45, 2.75) is 59.9 Å². The molecule has 1 aromatic heterocycles. The molecule has 0 fully saturated rings. The fourth-order valence-corrected chi connectivity index (χ4v) is 2.35. The lowest BCUT2D eigenvalue weighted by atomic mass is 9.87. The summed E-state index contributed by atoms with van der Waals surface area (Å²) < 4.78 is 1.96. The van der Waals surface area contributed by atoms with Crippen LogP contribution in [0.5, 0.6) is 0 Å². The largest absolute Gasteiger partial charge is 0.356 e. The summed E-state index contributed by atoms with van der Waals surface area (Å²) in [5.74, 6) is 2.54. The first kappa shape index (κ1) is 23.9. The molecule has 0 atom stereocenters. The Morgan fingerprint density at radius 1 is 1.28 bits per heavy atom. The van der Waals surface area contributed by atoms with Gasteiger partial charge in [0, 0.05) is 20.1 Å². The van der Waals surface area contributed by atoms with E-state index < -0.39 is 0 Å². The van der Waals surface area contributed by atoms with Crippen molar-refractivity contribution in [1.29, 1.82) is 0 Å². The average molecular weight is 462 g/mol. The number of aliphatic imine (C=N–C) groups is 1. The van der Waals surface area contributed by atoms with E-state index in [9.17, 15) is 0 Å². The van der Waals surface area contributed by atoms with Crippen LogP contribution in [0.25, 0.3) is 0 Å². The molecule has 0 aromatic carbocycles. The summed E-state index contributed by atoms with van der Waals surface area (Å²) in [6.07, 6.45) is 6.87. The molecule has 1 aromatic rings. The van der Waals surface area contributed by atoms with E-state index in [1.807, 2.05) is 24.6 Å². The predicted octanol–water partition coefficient (Wildman–Crippen LogP) is 3.57. The zero-order valence-corrected chi connectivity index (χ0v) is 18.8. The van der Waals surface area contributed by atoms with Crippen molar-refractivity contribution in [3.05, 3.63) is 24.3 Å². The van der Waals surface area contributed by atoms with Crippen LogP contribution in [0.2, 0.25) is 0 Å². The molecule has 0 aliphatic rings. The van der Waals surface area contributed by atoms with E-state index in [0.29, 0.717) is 13.1 Å². The molecule has 0 aliphatic heterocycles. The van der Waals surface area contributed by atoms with Crippen molar-refractivity contribution in [3.8, 4) is 0 Å². The molecule has 0 aliphatic carbocycles. The Kier molecular flexibility index (Phi) is 11.7. The minimum atomic E-state index is 0.